The lowest BCUT2D eigenvalue weighted by molar-refractivity contribution is 0.0684. The first-order chi connectivity index (χ1) is 9.99. The quantitative estimate of drug-likeness (QED) is 0.802. The van der Waals surface area contributed by atoms with Gasteiger partial charge in [0.25, 0.3) is 5.91 Å². The van der Waals surface area contributed by atoms with E-state index in [4.69, 9.17) is 11.6 Å². The Labute approximate surface area is 128 Å². The molecule has 0 saturated heterocycles. The summed E-state index contributed by atoms with van der Waals surface area (Å²) in [5.41, 5.74) is 0.877. The van der Waals surface area contributed by atoms with Crippen LogP contribution in [0.5, 0.6) is 0 Å². The number of carbonyl (C=O) groups excluding carboxylic acids is 1. The van der Waals surface area contributed by atoms with Crippen molar-refractivity contribution in [1.29, 1.82) is 0 Å². The summed E-state index contributed by atoms with van der Waals surface area (Å²) in [6.45, 7) is 4.14. The van der Waals surface area contributed by atoms with E-state index in [9.17, 15) is 9.18 Å². The first-order valence-corrected chi connectivity index (χ1v) is 7.02. The summed E-state index contributed by atoms with van der Waals surface area (Å²) in [6.07, 6.45) is 1.32. The zero-order valence-corrected chi connectivity index (χ0v) is 12.6. The molecule has 1 aromatic heterocycles. The summed E-state index contributed by atoms with van der Waals surface area (Å²) < 4.78 is 13.7. The molecule has 1 amide bonds. The molecule has 0 aliphatic rings. The van der Waals surface area contributed by atoms with E-state index >= 15 is 0 Å². The topological polar surface area (TPSA) is 33.2 Å². The van der Waals surface area contributed by atoms with Crippen molar-refractivity contribution in [3.05, 3.63) is 64.7 Å². The highest BCUT2D eigenvalue weighted by molar-refractivity contribution is 6.30. The molecule has 0 unspecified atom stereocenters. The molecule has 1 heterocycles. The average molecular weight is 307 g/mol. The Kier molecular flexibility index (Phi) is 4.91. The summed E-state index contributed by atoms with van der Waals surface area (Å²) in [4.78, 5) is 17.6. The van der Waals surface area contributed by atoms with Crippen LogP contribution in [0.4, 0.5) is 4.39 Å². The fraction of sp³-hybridized carbons (Fsp3) is 0.250. The van der Waals surface area contributed by atoms with E-state index in [1.165, 1.54) is 12.3 Å². The minimum atomic E-state index is -0.751. The first kappa shape index (κ1) is 15.4. The zero-order chi connectivity index (χ0) is 15.4. The summed E-state index contributed by atoms with van der Waals surface area (Å²) in [6, 6.07) is 10.2. The van der Waals surface area contributed by atoms with Crippen LogP contribution in [0.15, 0.2) is 42.6 Å². The highest BCUT2D eigenvalue weighted by atomic mass is 35.5. The number of amides is 1. The fourth-order valence-electron chi connectivity index (χ4n) is 2.02. The molecule has 21 heavy (non-hydrogen) atoms. The van der Waals surface area contributed by atoms with Crippen LogP contribution in [0.1, 0.15) is 29.8 Å². The molecule has 110 valence electrons. The Morgan fingerprint density at radius 3 is 2.71 bits per heavy atom. The number of pyridine rings is 1. The van der Waals surface area contributed by atoms with Crippen molar-refractivity contribution in [2.45, 2.75) is 26.4 Å². The van der Waals surface area contributed by atoms with E-state index < -0.39 is 5.95 Å². The van der Waals surface area contributed by atoms with Crippen LogP contribution in [0.25, 0.3) is 0 Å². The highest BCUT2D eigenvalue weighted by Gasteiger charge is 2.22. The lowest BCUT2D eigenvalue weighted by Crippen LogP contribution is -2.37. The minimum Gasteiger partial charge on any atom is -0.332 e. The van der Waals surface area contributed by atoms with Gasteiger partial charge in [-0.05, 0) is 43.7 Å². The van der Waals surface area contributed by atoms with Gasteiger partial charge >= 0.3 is 0 Å². The highest BCUT2D eigenvalue weighted by Crippen LogP contribution is 2.17. The number of carbonyl (C=O) groups is 1. The SMILES string of the molecule is CC(C)N(Cc1cccc(Cl)c1)C(=O)c1cccnc1F. The van der Waals surface area contributed by atoms with Crippen molar-refractivity contribution in [3.63, 3.8) is 0 Å². The van der Waals surface area contributed by atoms with Gasteiger partial charge in [0.2, 0.25) is 5.95 Å². The van der Waals surface area contributed by atoms with E-state index in [-0.39, 0.29) is 17.5 Å². The maximum Gasteiger partial charge on any atom is 0.259 e. The Balaban J connectivity index is 2.27. The third kappa shape index (κ3) is 3.79. The van der Waals surface area contributed by atoms with Gasteiger partial charge in [-0.25, -0.2) is 4.98 Å². The zero-order valence-electron chi connectivity index (χ0n) is 11.9. The smallest absolute Gasteiger partial charge is 0.259 e. The molecule has 0 aliphatic heterocycles. The molecule has 0 spiro atoms. The van der Waals surface area contributed by atoms with Crippen LogP contribution in [-0.2, 0) is 6.54 Å². The van der Waals surface area contributed by atoms with Gasteiger partial charge in [-0.15, -0.1) is 0 Å². The third-order valence-electron chi connectivity index (χ3n) is 3.12. The van der Waals surface area contributed by atoms with Crippen LogP contribution in [0.3, 0.4) is 0 Å². The second-order valence-electron chi connectivity index (χ2n) is 5.00. The van der Waals surface area contributed by atoms with E-state index in [1.807, 2.05) is 26.0 Å². The van der Waals surface area contributed by atoms with Crippen LogP contribution in [0, 0.1) is 5.95 Å². The number of halogens is 2. The monoisotopic (exact) mass is 306 g/mol. The minimum absolute atomic E-state index is 0.0202. The Morgan fingerprint density at radius 1 is 1.33 bits per heavy atom. The molecule has 3 nitrogen and oxygen atoms in total. The average Bonchev–Trinajstić information content (AvgIpc) is 2.44. The molecule has 0 atom stereocenters. The predicted octanol–water partition coefficient (Wildman–Crippen LogP) is 3.92. The van der Waals surface area contributed by atoms with Crippen molar-refractivity contribution >= 4 is 17.5 Å². The standard InChI is InChI=1S/C16H16ClFN2O/c1-11(2)20(10-12-5-3-6-13(17)9-12)16(21)14-7-4-8-19-15(14)18/h3-9,11H,10H2,1-2H3. The second kappa shape index (κ2) is 6.68. The molecule has 0 fully saturated rings. The molecule has 0 saturated carbocycles. The van der Waals surface area contributed by atoms with Crippen LogP contribution < -0.4 is 0 Å². The summed E-state index contributed by atoms with van der Waals surface area (Å²) in [7, 11) is 0. The van der Waals surface area contributed by atoms with Crippen molar-refractivity contribution in [3.8, 4) is 0 Å². The number of hydrogen-bond acceptors (Lipinski definition) is 2. The van der Waals surface area contributed by atoms with Crippen molar-refractivity contribution < 1.29 is 9.18 Å². The fourth-order valence-corrected chi connectivity index (χ4v) is 2.23. The van der Waals surface area contributed by atoms with Gasteiger partial charge in [-0.2, -0.15) is 4.39 Å². The Morgan fingerprint density at radius 2 is 2.10 bits per heavy atom. The van der Waals surface area contributed by atoms with Crippen molar-refractivity contribution in [2.75, 3.05) is 0 Å². The van der Waals surface area contributed by atoms with Crippen LogP contribution >= 0.6 is 11.6 Å². The molecule has 2 rings (SSSR count). The van der Waals surface area contributed by atoms with Gasteiger partial charge in [0.05, 0.1) is 5.56 Å². The number of rotatable bonds is 4. The molecule has 0 bridgehead atoms. The van der Waals surface area contributed by atoms with E-state index in [0.717, 1.165) is 5.56 Å². The van der Waals surface area contributed by atoms with Gasteiger partial charge in [0.1, 0.15) is 0 Å². The van der Waals surface area contributed by atoms with Gasteiger partial charge in [0, 0.05) is 23.8 Å². The van der Waals surface area contributed by atoms with Crippen LogP contribution in [-0.4, -0.2) is 21.8 Å². The molecule has 0 N–H and O–H groups in total. The molecular formula is C16H16ClFN2O. The normalized spacial score (nSPS) is 10.7. The summed E-state index contributed by atoms with van der Waals surface area (Å²) in [5.74, 6) is -1.13. The lowest BCUT2D eigenvalue weighted by atomic mass is 10.1. The molecule has 5 heteroatoms. The number of nitrogens with zero attached hydrogens (tertiary/aromatic N) is 2. The van der Waals surface area contributed by atoms with Crippen molar-refractivity contribution in [2.24, 2.45) is 0 Å². The van der Waals surface area contributed by atoms with E-state index in [0.29, 0.717) is 11.6 Å². The second-order valence-corrected chi connectivity index (χ2v) is 5.43. The first-order valence-electron chi connectivity index (χ1n) is 6.65. The van der Waals surface area contributed by atoms with Gasteiger partial charge < -0.3 is 4.90 Å². The molecule has 1 aromatic carbocycles. The maximum atomic E-state index is 13.7. The number of hydrogen-bond donors (Lipinski definition) is 0. The Bertz CT molecular complexity index is 646. The largest absolute Gasteiger partial charge is 0.332 e. The number of aromatic nitrogens is 1. The predicted molar refractivity (Wildman–Crippen MR) is 80.7 cm³/mol. The van der Waals surface area contributed by atoms with E-state index in [1.54, 1.807) is 23.1 Å². The van der Waals surface area contributed by atoms with Gasteiger partial charge in [0.15, 0.2) is 0 Å². The van der Waals surface area contributed by atoms with Gasteiger partial charge in [-0.1, -0.05) is 23.7 Å². The molecular weight excluding hydrogens is 291 g/mol. The van der Waals surface area contributed by atoms with E-state index in [2.05, 4.69) is 4.98 Å². The van der Waals surface area contributed by atoms with Gasteiger partial charge in [-0.3, -0.25) is 4.79 Å². The summed E-state index contributed by atoms with van der Waals surface area (Å²) in [5, 5.41) is 0.608. The van der Waals surface area contributed by atoms with Crippen molar-refractivity contribution in [1.82, 2.24) is 9.88 Å². The molecule has 0 radical (unpaired) electrons. The Hall–Kier alpha value is -1.94. The lowest BCUT2D eigenvalue weighted by Gasteiger charge is -2.27. The maximum absolute atomic E-state index is 13.7. The third-order valence-corrected chi connectivity index (χ3v) is 3.35. The molecule has 2 aromatic rings. The molecule has 0 aliphatic carbocycles. The van der Waals surface area contributed by atoms with Crippen LogP contribution in [0.2, 0.25) is 5.02 Å². The number of benzene rings is 1. The summed E-state index contributed by atoms with van der Waals surface area (Å²) >= 11 is 5.96.